The van der Waals surface area contributed by atoms with Crippen LogP contribution in [0.5, 0.6) is 0 Å². The number of hydrogen-bond acceptors (Lipinski definition) is 3. The Labute approximate surface area is 133 Å². The highest BCUT2D eigenvalue weighted by Crippen LogP contribution is 2.16. The average molecular weight is 308 g/mol. The molecule has 3 aromatic rings. The summed E-state index contributed by atoms with van der Waals surface area (Å²) in [7, 11) is 0. The number of ether oxygens (including phenoxy) is 1. The van der Waals surface area contributed by atoms with E-state index in [1.807, 2.05) is 18.3 Å². The number of aromatic amines is 1. The van der Waals surface area contributed by atoms with Crippen LogP contribution in [0.1, 0.15) is 27.6 Å². The molecule has 2 N–H and O–H groups in total. The highest BCUT2D eigenvalue weighted by atomic mass is 16.5. The Morgan fingerprint density at radius 2 is 1.78 bits per heavy atom. The van der Waals surface area contributed by atoms with Gasteiger partial charge in [0.05, 0.1) is 12.2 Å². The van der Waals surface area contributed by atoms with Crippen LogP contribution in [0.2, 0.25) is 0 Å². The van der Waals surface area contributed by atoms with Crippen LogP contribution in [-0.2, 0) is 4.74 Å². The lowest BCUT2D eigenvalue weighted by atomic mass is 10.1. The number of esters is 1. The van der Waals surface area contributed by atoms with Crippen molar-refractivity contribution in [1.29, 1.82) is 0 Å². The van der Waals surface area contributed by atoms with Crippen molar-refractivity contribution in [3.8, 4) is 0 Å². The summed E-state index contributed by atoms with van der Waals surface area (Å²) in [5, 5.41) is 3.86. The monoisotopic (exact) mass is 308 g/mol. The maximum Gasteiger partial charge on any atom is 0.338 e. The predicted octanol–water partition coefficient (Wildman–Crippen LogP) is 3.60. The molecular formula is C18H16N2O3. The molecule has 0 saturated heterocycles. The van der Waals surface area contributed by atoms with Gasteiger partial charge in [-0.3, -0.25) is 4.79 Å². The number of aromatic nitrogens is 1. The fourth-order valence-electron chi connectivity index (χ4n) is 2.30. The Kier molecular flexibility index (Phi) is 4.10. The first kappa shape index (κ1) is 14.8. The van der Waals surface area contributed by atoms with Gasteiger partial charge in [-0.1, -0.05) is 6.07 Å². The quantitative estimate of drug-likeness (QED) is 0.723. The molecule has 0 saturated carbocycles. The van der Waals surface area contributed by atoms with Crippen LogP contribution in [0, 0.1) is 0 Å². The van der Waals surface area contributed by atoms with Gasteiger partial charge in [0, 0.05) is 23.0 Å². The molecule has 0 atom stereocenters. The normalized spacial score (nSPS) is 10.5. The number of nitrogens with one attached hydrogen (secondary N) is 2. The summed E-state index contributed by atoms with van der Waals surface area (Å²) < 4.78 is 4.92. The summed E-state index contributed by atoms with van der Waals surface area (Å²) in [6.45, 7) is 2.09. The van der Waals surface area contributed by atoms with Crippen LogP contribution in [0.25, 0.3) is 10.9 Å². The second-order valence-electron chi connectivity index (χ2n) is 5.03. The number of H-pyrrole nitrogens is 1. The van der Waals surface area contributed by atoms with Crippen molar-refractivity contribution in [3.63, 3.8) is 0 Å². The molecule has 0 spiro atoms. The highest BCUT2D eigenvalue weighted by Gasteiger charge is 2.09. The lowest BCUT2D eigenvalue weighted by molar-refractivity contribution is 0.0526. The molecule has 1 heterocycles. The van der Waals surface area contributed by atoms with Crippen molar-refractivity contribution in [2.75, 3.05) is 11.9 Å². The number of carbonyl (C=O) groups is 2. The standard InChI is InChI=1S/C18H16N2O3/c1-2-23-18(22)13-5-7-15(8-6-13)20-17(21)14-4-3-12-9-10-19-16(12)11-14/h3-11,19H,2H2,1H3,(H,20,21). The van der Waals surface area contributed by atoms with E-state index in [2.05, 4.69) is 10.3 Å². The van der Waals surface area contributed by atoms with Gasteiger partial charge in [0.1, 0.15) is 0 Å². The van der Waals surface area contributed by atoms with Gasteiger partial charge < -0.3 is 15.0 Å². The molecule has 3 rings (SSSR count). The SMILES string of the molecule is CCOC(=O)c1ccc(NC(=O)c2ccc3cc[nH]c3c2)cc1. The first-order chi connectivity index (χ1) is 11.2. The van der Waals surface area contributed by atoms with Crippen molar-refractivity contribution in [3.05, 3.63) is 65.9 Å². The molecule has 5 heteroatoms. The Hall–Kier alpha value is -3.08. The largest absolute Gasteiger partial charge is 0.462 e. The van der Waals surface area contributed by atoms with Crippen LogP contribution in [0.15, 0.2) is 54.7 Å². The molecule has 0 fully saturated rings. The summed E-state index contributed by atoms with van der Waals surface area (Å²) in [6, 6.07) is 14.0. The van der Waals surface area contributed by atoms with Crippen LogP contribution in [0.3, 0.4) is 0 Å². The van der Waals surface area contributed by atoms with Crippen LogP contribution < -0.4 is 5.32 Å². The van der Waals surface area contributed by atoms with Gasteiger partial charge in [0.15, 0.2) is 0 Å². The Balaban J connectivity index is 1.73. The molecular weight excluding hydrogens is 292 g/mol. The second-order valence-corrected chi connectivity index (χ2v) is 5.03. The third-order valence-electron chi connectivity index (χ3n) is 3.47. The molecule has 0 aliphatic carbocycles. The molecule has 1 amide bonds. The number of amides is 1. The molecule has 0 radical (unpaired) electrons. The average Bonchev–Trinajstić information content (AvgIpc) is 3.03. The minimum absolute atomic E-state index is 0.203. The number of rotatable bonds is 4. The van der Waals surface area contributed by atoms with Crippen molar-refractivity contribution in [2.24, 2.45) is 0 Å². The highest BCUT2D eigenvalue weighted by molar-refractivity contribution is 6.06. The van der Waals surface area contributed by atoms with E-state index in [1.165, 1.54) is 0 Å². The smallest absolute Gasteiger partial charge is 0.338 e. The van der Waals surface area contributed by atoms with Gasteiger partial charge >= 0.3 is 5.97 Å². The van der Waals surface area contributed by atoms with E-state index in [-0.39, 0.29) is 11.9 Å². The van der Waals surface area contributed by atoms with Crippen molar-refractivity contribution < 1.29 is 14.3 Å². The fourth-order valence-corrected chi connectivity index (χ4v) is 2.30. The van der Waals surface area contributed by atoms with Crippen molar-refractivity contribution in [2.45, 2.75) is 6.92 Å². The molecule has 5 nitrogen and oxygen atoms in total. The number of fused-ring (bicyclic) bond motifs is 1. The zero-order chi connectivity index (χ0) is 16.2. The van der Waals surface area contributed by atoms with Gasteiger partial charge in [-0.05, 0) is 54.8 Å². The summed E-state index contributed by atoms with van der Waals surface area (Å²) in [6.07, 6.45) is 1.83. The zero-order valence-electron chi connectivity index (χ0n) is 12.6. The summed E-state index contributed by atoms with van der Waals surface area (Å²) in [5.41, 5.74) is 2.55. The Morgan fingerprint density at radius 3 is 2.52 bits per heavy atom. The first-order valence-corrected chi connectivity index (χ1v) is 7.33. The van der Waals surface area contributed by atoms with E-state index in [4.69, 9.17) is 4.74 Å². The number of benzene rings is 2. The van der Waals surface area contributed by atoms with Crippen LogP contribution >= 0.6 is 0 Å². The van der Waals surface area contributed by atoms with Crippen molar-refractivity contribution >= 4 is 28.5 Å². The summed E-state index contributed by atoms with van der Waals surface area (Å²) in [4.78, 5) is 26.9. The lowest BCUT2D eigenvalue weighted by Crippen LogP contribution is -2.12. The van der Waals surface area contributed by atoms with E-state index >= 15 is 0 Å². The summed E-state index contributed by atoms with van der Waals surface area (Å²) >= 11 is 0. The molecule has 116 valence electrons. The topological polar surface area (TPSA) is 71.2 Å². The molecule has 2 aromatic carbocycles. The van der Waals surface area contributed by atoms with E-state index in [9.17, 15) is 9.59 Å². The number of carbonyl (C=O) groups excluding carboxylic acids is 2. The summed E-state index contributed by atoms with van der Waals surface area (Å²) in [5.74, 6) is -0.576. The molecule has 0 aliphatic heterocycles. The number of anilines is 1. The maximum absolute atomic E-state index is 12.3. The zero-order valence-corrected chi connectivity index (χ0v) is 12.6. The Morgan fingerprint density at radius 1 is 1.04 bits per heavy atom. The van der Waals surface area contributed by atoms with E-state index in [0.29, 0.717) is 23.4 Å². The first-order valence-electron chi connectivity index (χ1n) is 7.33. The van der Waals surface area contributed by atoms with E-state index < -0.39 is 0 Å². The van der Waals surface area contributed by atoms with Gasteiger partial charge in [-0.2, -0.15) is 0 Å². The lowest BCUT2D eigenvalue weighted by Gasteiger charge is -2.07. The van der Waals surface area contributed by atoms with Crippen LogP contribution in [-0.4, -0.2) is 23.5 Å². The van der Waals surface area contributed by atoms with E-state index in [1.54, 1.807) is 43.3 Å². The van der Waals surface area contributed by atoms with Gasteiger partial charge in [-0.15, -0.1) is 0 Å². The molecule has 23 heavy (non-hydrogen) atoms. The molecule has 0 aliphatic rings. The Bertz CT molecular complexity index is 850. The fraction of sp³-hybridized carbons (Fsp3) is 0.111. The third-order valence-corrected chi connectivity index (χ3v) is 3.47. The maximum atomic E-state index is 12.3. The van der Waals surface area contributed by atoms with Crippen LogP contribution in [0.4, 0.5) is 5.69 Å². The second kappa shape index (κ2) is 6.36. The minimum atomic E-state index is -0.373. The predicted molar refractivity (Wildman–Crippen MR) is 88.7 cm³/mol. The molecule has 0 unspecified atom stereocenters. The minimum Gasteiger partial charge on any atom is -0.462 e. The number of hydrogen-bond donors (Lipinski definition) is 2. The third kappa shape index (κ3) is 3.23. The van der Waals surface area contributed by atoms with E-state index in [0.717, 1.165) is 10.9 Å². The molecule has 1 aromatic heterocycles. The molecule has 0 bridgehead atoms. The van der Waals surface area contributed by atoms with Gasteiger partial charge in [0.25, 0.3) is 5.91 Å². The van der Waals surface area contributed by atoms with Crippen molar-refractivity contribution in [1.82, 2.24) is 4.98 Å². The van der Waals surface area contributed by atoms with Gasteiger partial charge in [-0.25, -0.2) is 4.79 Å². The van der Waals surface area contributed by atoms with Gasteiger partial charge in [0.2, 0.25) is 0 Å².